The van der Waals surface area contributed by atoms with Gasteiger partial charge in [0, 0.05) is 0 Å². The topological polar surface area (TPSA) is 42.6 Å². The third-order valence-electron chi connectivity index (χ3n) is 2.03. The molecule has 0 aliphatic rings. The Morgan fingerprint density at radius 2 is 1.86 bits per heavy atom. The van der Waals surface area contributed by atoms with Crippen LogP contribution in [0.2, 0.25) is 0 Å². The maximum atomic E-state index is 10.7. The lowest BCUT2D eigenvalue weighted by molar-refractivity contribution is 0.489. The largest absolute Gasteiger partial charge is 0.467 e. The van der Waals surface area contributed by atoms with Crippen LogP contribution in [0.4, 0.5) is 0 Å². The van der Waals surface area contributed by atoms with E-state index in [1.54, 1.807) is 12.1 Å². The van der Waals surface area contributed by atoms with E-state index >= 15 is 0 Å². The van der Waals surface area contributed by atoms with Crippen molar-refractivity contribution < 1.29 is 4.42 Å². The van der Waals surface area contributed by atoms with Crippen molar-refractivity contribution in [2.45, 2.75) is 6.04 Å². The molecule has 0 aliphatic carbocycles. The zero-order chi connectivity index (χ0) is 9.80. The van der Waals surface area contributed by atoms with Gasteiger partial charge < -0.3 is 4.42 Å². The highest BCUT2D eigenvalue weighted by Crippen LogP contribution is 2.25. The Morgan fingerprint density at radius 1 is 1.07 bits per heavy atom. The van der Waals surface area contributed by atoms with Crippen LogP contribution in [0.15, 0.2) is 58.3 Å². The van der Waals surface area contributed by atoms with Gasteiger partial charge in [0.15, 0.2) is 6.04 Å². The first kappa shape index (κ1) is 8.69. The van der Waals surface area contributed by atoms with Gasteiger partial charge in [-0.2, -0.15) is 0 Å². The summed E-state index contributed by atoms with van der Waals surface area (Å²) in [6, 6.07) is 12.3. The molecule has 3 heteroatoms. The van der Waals surface area contributed by atoms with E-state index in [-0.39, 0.29) is 0 Å². The monoisotopic (exact) mass is 187 g/mol. The lowest BCUT2D eigenvalue weighted by Gasteiger charge is -2.04. The predicted octanol–water partition coefficient (Wildman–Crippen LogP) is 3.14. The molecule has 3 nitrogen and oxygen atoms in total. The van der Waals surface area contributed by atoms with Gasteiger partial charge in [-0.15, -0.1) is 4.91 Å². The van der Waals surface area contributed by atoms with Gasteiger partial charge in [-0.05, 0) is 17.7 Å². The smallest absolute Gasteiger partial charge is 0.174 e. The van der Waals surface area contributed by atoms with Gasteiger partial charge in [-0.1, -0.05) is 35.5 Å². The molecule has 1 aromatic carbocycles. The van der Waals surface area contributed by atoms with E-state index in [0.29, 0.717) is 5.76 Å². The molecule has 0 amide bonds. The standard InChI is InChI=1S/C11H9NO2/c13-12-11(10-7-4-8-14-10)9-5-2-1-3-6-9/h1-8,11H. The van der Waals surface area contributed by atoms with Crippen molar-refractivity contribution in [1.82, 2.24) is 0 Å². The molecule has 70 valence electrons. The Morgan fingerprint density at radius 3 is 2.43 bits per heavy atom. The molecule has 0 saturated heterocycles. The molecule has 0 radical (unpaired) electrons. The van der Waals surface area contributed by atoms with Gasteiger partial charge in [0.2, 0.25) is 0 Å². The lowest BCUT2D eigenvalue weighted by Crippen LogP contribution is -1.94. The van der Waals surface area contributed by atoms with Crippen molar-refractivity contribution >= 4 is 0 Å². The van der Waals surface area contributed by atoms with Crippen molar-refractivity contribution in [2.75, 3.05) is 0 Å². The van der Waals surface area contributed by atoms with Crippen molar-refractivity contribution in [3.63, 3.8) is 0 Å². The number of hydrogen-bond donors (Lipinski definition) is 0. The molecule has 1 aromatic heterocycles. The van der Waals surface area contributed by atoms with Gasteiger partial charge in [0.1, 0.15) is 5.76 Å². The Labute approximate surface area is 81.3 Å². The average molecular weight is 187 g/mol. The molecule has 0 bridgehead atoms. The number of rotatable bonds is 3. The minimum Gasteiger partial charge on any atom is -0.467 e. The first-order valence-electron chi connectivity index (χ1n) is 4.32. The molecule has 1 heterocycles. The molecule has 1 atom stereocenters. The fourth-order valence-corrected chi connectivity index (χ4v) is 1.36. The second kappa shape index (κ2) is 3.87. The normalized spacial score (nSPS) is 12.3. The number of benzene rings is 1. The molecule has 0 saturated carbocycles. The van der Waals surface area contributed by atoms with Crippen LogP contribution in [0.1, 0.15) is 17.4 Å². The highest BCUT2D eigenvalue weighted by Gasteiger charge is 2.16. The molecule has 2 aromatic rings. The average Bonchev–Trinajstić information content (AvgIpc) is 2.74. The summed E-state index contributed by atoms with van der Waals surface area (Å²) in [6.45, 7) is 0. The highest BCUT2D eigenvalue weighted by atomic mass is 16.3. The minimum absolute atomic E-state index is 0.536. The number of nitroso groups, excluding NO2 is 1. The maximum absolute atomic E-state index is 10.7. The minimum atomic E-state index is -0.536. The van der Waals surface area contributed by atoms with Crippen LogP contribution in [-0.4, -0.2) is 0 Å². The molecule has 14 heavy (non-hydrogen) atoms. The van der Waals surface area contributed by atoms with Crippen LogP contribution in [0, 0.1) is 4.91 Å². The number of hydrogen-bond acceptors (Lipinski definition) is 3. The van der Waals surface area contributed by atoms with Gasteiger partial charge in [-0.25, -0.2) is 0 Å². The van der Waals surface area contributed by atoms with E-state index in [4.69, 9.17) is 4.42 Å². The van der Waals surface area contributed by atoms with Crippen LogP contribution in [-0.2, 0) is 0 Å². The van der Waals surface area contributed by atoms with E-state index in [1.807, 2.05) is 30.3 Å². The van der Waals surface area contributed by atoms with Crippen LogP contribution in [0.25, 0.3) is 0 Å². The van der Waals surface area contributed by atoms with Crippen molar-refractivity contribution in [3.05, 3.63) is 65.0 Å². The van der Waals surface area contributed by atoms with Gasteiger partial charge >= 0.3 is 0 Å². The molecule has 2 rings (SSSR count). The fourth-order valence-electron chi connectivity index (χ4n) is 1.36. The van der Waals surface area contributed by atoms with Crippen LogP contribution >= 0.6 is 0 Å². The van der Waals surface area contributed by atoms with E-state index in [0.717, 1.165) is 5.56 Å². The molecule has 0 spiro atoms. The van der Waals surface area contributed by atoms with E-state index in [1.165, 1.54) is 6.26 Å². The van der Waals surface area contributed by atoms with Crippen molar-refractivity contribution in [2.24, 2.45) is 5.18 Å². The predicted molar refractivity (Wildman–Crippen MR) is 52.8 cm³/mol. The summed E-state index contributed by atoms with van der Waals surface area (Å²) in [6.07, 6.45) is 1.54. The Balaban J connectivity index is 2.36. The second-order valence-corrected chi connectivity index (χ2v) is 2.93. The number of nitrogens with zero attached hydrogens (tertiary/aromatic N) is 1. The van der Waals surface area contributed by atoms with Crippen LogP contribution in [0.5, 0.6) is 0 Å². The molecule has 0 fully saturated rings. The summed E-state index contributed by atoms with van der Waals surface area (Å²) in [5, 5.41) is 3.06. The Bertz CT molecular complexity index is 394. The molecular weight excluding hydrogens is 178 g/mol. The summed E-state index contributed by atoms with van der Waals surface area (Å²) < 4.78 is 5.15. The molecule has 1 unspecified atom stereocenters. The zero-order valence-electron chi connectivity index (χ0n) is 7.46. The molecule has 0 N–H and O–H groups in total. The molecule has 0 aliphatic heterocycles. The summed E-state index contributed by atoms with van der Waals surface area (Å²) in [4.78, 5) is 10.7. The van der Waals surface area contributed by atoms with E-state index in [9.17, 15) is 4.91 Å². The van der Waals surface area contributed by atoms with Crippen LogP contribution < -0.4 is 0 Å². The Kier molecular flexibility index (Phi) is 2.40. The first-order chi connectivity index (χ1) is 6.92. The third kappa shape index (κ3) is 1.57. The van der Waals surface area contributed by atoms with Gasteiger partial charge in [0.05, 0.1) is 6.26 Å². The summed E-state index contributed by atoms with van der Waals surface area (Å²) in [7, 11) is 0. The fraction of sp³-hybridized carbons (Fsp3) is 0.0909. The summed E-state index contributed by atoms with van der Waals surface area (Å²) >= 11 is 0. The van der Waals surface area contributed by atoms with Crippen LogP contribution in [0.3, 0.4) is 0 Å². The van der Waals surface area contributed by atoms with Crippen molar-refractivity contribution in [1.29, 1.82) is 0 Å². The van der Waals surface area contributed by atoms with E-state index < -0.39 is 6.04 Å². The zero-order valence-corrected chi connectivity index (χ0v) is 7.46. The highest BCUT2D eigenvalue weighted by molar-refractivity contribution is 5.26. The SMILES string of the molecule is O=NC(c1ccccc1)c1ccco1. The van der Waals surface area contributed by atoms with Gasteiger partial charge in [0.25, 0.3) is 0 Å². The quantitative estimate of drug-likeness (QED) is 0.692. The first-order valence-corrected chi connectivity index (χ1v) is 4.32. The maximum Gasteiger partial charge on any atom is 0.174 e. The lowest BCUT2D eigenvalue weighted by atomic mass is 10.1. The van der Waals surface area contributed by atoms with Gasteiger partial charge in [-0.3, -0.25) is 0 Å². The summed E-state index contributed by atoms with van der Waals surface area (Å²) in [5.74, 6) is 0.575. The molecular formula is C11H9NO2. The van der Waals surface area contributed by atoms with E-state index in [2.05, 4.69) is 5.18 Å². The second-order valence-electron chi connectivity index (χ2n) is 2.93. The third-order valence-corrected chi connectivity index (χ3v) is 2.03. The summed E-state index contributed by atoms with van der Waals surface area (Å²) in [5.41, 5.74) is 0.845. The Hall–Kier alpha value is -1.90. The number of furan rings is 1. The van der Waals surface area contributed by atoms with Crippen molar-refractivity contribution in [3.8, 4) is 0 Å².